The molecule has 0 aliphatic heterocycles. The first kappa shape index (κ1) is 11.5. The van der Waals surface area contributed by atoms with Gasteiger partial charge in [-0.05, 0) is 37.0 Å². The second-order valence-electron chi connectivity index (χ2n) is 4.04. The van der Waals surface area contributed by atoms with Crippen molar-refractivity contribution in [3.8, 4) is 5.75 Å². The number of amides is 1. The summed E-state index contributed by atoms with van der Waals surface area (Å²) >= 11 is 3.37. The Labute approximate surface area is 103 Å². The van der Waals surface area contributed by atoms with Crippen LogP contribution in [0.2, 0.25) is 0 Å². The first-order chi connectivity index (χ1) is 7.69. The molecule has 1 aliphatic rings. The van der Waals surface area contributed by atoms with Gasteiger partial charge in [-0.25, -0.2) is 0 Å². The highest BCUT2D eigenvalue weighted by atomic mass is 79.9. The fourth-order valence-electron chi connectivity index (χ4n) is 1.56. The van der Waals surface area contributed by atoms with Gasteiger partial charge in [0.2, 0.25) is 5.91 Å². The van der Waals surface area contributed by atoms with E-state index in [9.17, 15) is 4.79 Å². The zero-order valence-electron chi connectivity index (χ0n) is 9.13. The van der Waals surface area contributed by atoms with Crippen molar-refractivity contribution in [1.29, 1.82) is 0 Å². The summed E-state index contributed by atoms with van der Waals surface area (Å²) in [5.41, 5.74) is 0.725. The molecule has 0 aromatic heterocycles. The minimum Gasteiger partial charge on any atom is -0.495 e. The van der Waals surface area contributed by atoms with Gasteiger partial charge in [-0.3, -0.25) is 4.79 Å². The van der Waals surface area contributed by atoms with Crippen LogP contribution in [0.1, 0.15) is 19.3 Å². The van der Waals surface area contributed by atoms with Crippen LogP contribution in [0.4, 0.5) is 5.69 Å². The molecule has 1 N–H and O–H groups in total. The number of nitrogens with one attached hydrogen (secondary N) is 1. The normalized spacial score (nSPS) is 14.6. The lowest BCUT2D eigenvalue weighted by Gasteiger charge is -2.10. The summed E-state index contributed by atoms with van der Waals surface area (Å²) in [6.45, 7) is 0. The minimum atomic E-state index is 0.0684. The number of benzene rings is 1. The van der Waals surface area contributed by atoms with E-state index >= 15 is 0 Å². The molecular weight excluding hydrogens is 270 g/mol. The van der Waals surface area contributed by atoms with Gasteiger partial charge < -0.3 is 10.1 Å². The average Bonchev–Trinajstić information content (AvgIpc) is 3.02. The molecule has 0 spiro atoms. The number of halogens is 1. The lowest BCUT2D eigenvalue weighted by atomic mass is 10.2. The molecule has 0 radical (unpaired) electrons. The van der Waals surface area contributed by atoms with E-state index in [1.54, 1.807) is 7.11 Å². The monoisotopic (exact) mass is 283 g/mol. The quantitative estimate of drug-likeness (QED) is 0.922. The maximum atomic E-state index is 11.7. The molecule has 2 rings (SSSR count). The molecule has 0 bridgehead atoms. The van der Waals surface area contributed by atoms with Crippen LogP contribution in [0.3, 0.4) is 0 Å². The van der Waals surface area contributed by atoms with Gasteiger partial charge in [0, 0.05) is 10.9 Å². The Balaban J connectivity index is 2.05. The molecule has 0 heterocycles. The molecule has 1 aromatic carbocycles. The maximum absolute atomic E-state index is 11.7. The van der Waals surface area contributed by atoms with Crippen molar-refractivity contribution in [3.63, 3.8) is 0 Å². The Morgan fingerprint density at radius 2 is 2.31 bits per heavy atom. The van der Waals surface area contributed by atoms with E-state index in [2.05, 4.69) is 21.2 Å². The Kier molecular flexibility index (Phi) is 3.49. The molecule has 0 unspecified atom stereocenters. The second kappa shape index (κ2) is 4.87. The summed E-state index contributed by atoms with van der Waals surface area (Å²) < 4.78 is 6.11. The van der Waals surface area contributed by atoms with Crippen molar-refractivity contribution in [3.05, 3.63) is 22.7 Å². The van der Waals surface area contributed by atoms with Crippen LogP contribution < -0.4 is 10.1 Å². The number of ether oxygens (including phenoxy) is 1. The number of carbonyl (C=O) groups excluding carboxylic acids is 1. The van der Waals surface area contributed by atoms with E-state index in [1.165, 1.54) is 12.8 Å². The SMILES string of the molecule is COc1ccc(Br)cc1NC(=O)CC1CC1. The predicted octanol–water partition coefficient (Wildman–Crippen LogP) is 3.20. The highest BCUT2D eigenvalue weighted by Gasteiger charge is 2.24. The minimum absolute atomic E-state index is 0.0684. The van der Waals surface area contributed by atoms with Crippen molar-refractivity contribution in [2.75, 3.05) is 12.4 Å². The van der Waals surface area contributed by atoms with Gasteiger partial charge in [-0.15, -0.1) is 0 Å². The van der Waals surface area contributed by atoms with Crippen LogP contribution in [0.5, 0.6) is 5.75 Å². The third-order valence-corrected chi connectivity index (χ3v) is 3.10. The molecule has 1 fully saturated rings. The smallest absolute Gasteiger partial charge is 0.224 e. The largest absolute Gasteiger partial charge is 0.495 e. The maximum Gasteiger partial charge on any atom is 0.224 e. The molecule has 1 aromatic rings. The number of hydrogen-bond acceptors (Lipinski definition) is 2. The van der Waals surface area contributed by atoms with Gasteiger partial charge in [-0.2, -0.15) is 0 Å². The molecule has 0 saturated heterocycles. The predicted molar refractivity (Wildman–Crippen MR) is 66.7 cm³/mol. The van der Waals surface area contributed by atoms with Crippen LogP contribution in [0, 0.1) is 5.92 Å². The number of methoxy groups -OCH3 is 1. The van der Waals surface area contributed by atoms with Crippen molar-refractivity contribution in [2.24, 2.45) is 5.92 Å². The van der Waals surface area contributed by atoms with E-state index in [0.717, 1.165) is 10.2 Å². The highest BCUT2D eigenvalue weighted by molar-refractivity contribution is 9.10. The summed E-state index contributed by atoms with van der Waals surface area (Å²) in [5, 5.41) is 2.88. The fourth-order valence-corrected chi connectivity index (χ4v) is 1.92. The average molecular weight is 284 g/mol. The standard InChI is InChI=1S/C12H14BrNO2/c1-16-11-5-4-9(13)7-10(11)14-12(15)6-8-2-3-8/h4-5,7-8H,2-3,6H2,1H3,(H,14,15). The number of rotatable bonds is 4. The molecular formula is C12H14BrNO2. The summed E-state index contributed by atoms with van der Waals surface area (Å²) in [6, 6.07) is 5.57. The van der Waals surface area contributed by atoms with E-state index < -0.39 is 0 Å². The molecule has 4 heteroatoms. The van der Waals surface area contributed by atoms with E-state index in [-0.39, 0.29) is 5.91 Å². The summed E-state index contributed by atoms with van der Waals surface area (Å²) in [6.07, 6.45) is 2.99. The fraction of sp³-hybridized carbons (Fsp3) is 0.417. The lowest BCUT2D eigenvalue weighted by Crippen LogP contribution is -2.12. The van der Waals surface area contributed by atoms with Crippen molar-refractivity contribution < 1.29 is 9.53 Å². The molecule has 3 nitrogen and oxygen atoms in total. The van der Waals surface area contributed by atoms with E-state index in [4.69, 9.17) is 4.74 Å². The molecule has 16 heavy (non-hydrogen) atoms. The third-order valence-electron chi connectivity index (χ3n) is 2.61. The van der Waals surface area contributed by atoms with Crippen LogP contribution in [-0.2, 0) is 4.79 Å². The summed E-state index contributed by atoms with van der Waals surface area (Å²) in [5.74, 6) is 1.35. The van der Waals surface area contributed by atoms with Crippen LogP contribution in [-0.4, -0.2) is 13.0 Å². The zero-order valence-corrected chi connectivity index (χ0v) is 10.7. The number of hydrogen-bond donors (Lipinski definition) is 1. The topological polar surface area (TPSA) is 38.3 Å². The van der Waals surface area contributed by atoms with E-state index in [1.807, 2.05) is 18.2 Å². The number of anilines is 1. The van der Waals surface area contributed by atoms with Crippen LogP contribution in [0.15, 0.2) is 22.7 Å². The first-order valence-corrected chi connectivity index (χ1v) is 6.11. The second-order valence-corrected chi connectivity index (χ2v) is 4.96. The highest BCUT2D eigenvalue weighted by Crippen LogP contribution is 2.33. The molecule has 1 aliphatic carbocycles. The molecule has 1 saturated carbocycles. The number of carbonyl (C=O) groups is 1. The van der Waals surface area contributed by atoms with Gasteiger partial charge in [0.05, 0.1) is 12.8 Å². The van der Waals surface area contributed by atoms with Crippen LogP contribution >= 0.6 is 15.9 Å². The van der Waals surface area contributed by atoms with E-state index in [0.29, 0.717) is 18.1 Å². The van der Waals surface area contributed by atoms with Crippen LogP contribution in [0.25, 0.3) is 0 Å². The Hall–Kier alpha value is -1.03. The Morgan fingerprint density at radius 3 is 2.94 bits per heavy atom. The van der Waals surface area contributed by atoms with Gasteiger partial charge in [-0.1, -0.05) is 15.9 Å². The summed E-state index contributed by atoms with van der Waals surface area (Å²) in [7, 11) is 1.60. The summed E-state index contributed by atoms with van der Waals surface area (Å²) in [4.78, 5) is 11.7. The third kappa shape index (κ3) is 2.98. The van der Waals surface area contributed by atoms with Gasteiger partial charge in [0.25, 0.3) is 0 Å². The molecule has 1 amide bonds. The Morgan fingerprint density at radius 1 is 1.56 bits per heavy atom. The van der Waals surface area contributed by atoms with Gasteiger partial charge in [0.15, 0.2) is 0 Å². The lowest BCUT2D eigenvalue weighted by molar-refractivity contribution is -0.116. The van der Waals surface area contributed by atoms with Gasteiger partial charge in [0.1, 0.15) is 5.75 Å². The molecule has 0 atom stereocenters. The van der Waals surface area contributed by atoms with Gasteiger partial charge >= 0.3 is 0 Å². The van der Waals surface area contributed by atoms with Crippen molar-refractivity contribution >= 4 is 27.5 Å². The first-order valence-electron chi connectivity index (χ1n) is 5.32. The zero-order chi connectivity index (χ0) is 11.5. The Bertz CT molecular complexity index is 402. The van der Waals surface area contributed by atoms with Crippen molar-refractivity contribution in [1.82, 2.24) is 0 Å². The van der Waals surface area contributed by atoms with Crippen molar-refractivity contribution in [2.45, 2.75) is 19.3 Å². The molecule has 86 valence electrons.